The molecular weight excluding hydrogens is 186 g/mol. The van der Waals surface area contributed by atoms with Gasteiger partial charge in [0.15, 0.2) is 0 Å². The van der Waals surface area contributed by atoms with Gasteiger partial charge in [-0.3, -0.25) is 0 Å². The maximum atomic E-state index is 4.33. The van der Waals surface area contributed by atoms with Crippen LogP contribution in [0.5, 0.6) is 0 Å². The maximum Gasteiger partial charge on any atom is 0.108 e. The maximum absolute atomic E-state index is 4.33. The highest BCUT2D eigenvalue weighted by molar-refractivity contribution is 4.91. The SMILES string of the molecule is CNC(CCCc1nccn1C)C(C)C. The highest BCUT2D eigenvalue weighted by atomic mass is 15.0. The van der Waals surface area contributed by atoms with Crippen molar-refractivity contribution in [3.05, 3.63) is 18.2 Å². The van der Waals surface area contributed by atoms with E-state index in [0.717, 1.165) is 6.42 Å². The van der Waals surface area contributed by atoms with E-state index < -0.39 is 0 Å². The van der Waals surface area contributed by atoms with Crippen molar-refractivity contribution < 1.29 is 0 Å². The van der Waals surface area contributed by atoms with Crippen LogP contribution in [0.3, 0.4) is 0 Å². The van der Waals surface area contributed by atoms with E-state index in [9.17, 15) is 0 Å². The largest absolute Gasteiger partial charge is 0.338 e. The molecule has 86 valence electrons. The zero-order valence-corrected chi connectivity index (χ0v) is 10.3. The molecule has 1 atom stereocenters. The van der Waals surface area contributed by atoms with Gasteiger partial charge in [-0.05, 0) is 25.8 Å². The highest BCUT2D eigenvalue weighted by Crippen LogP contribution is 2.10. The summed E-state index contributed by atoms with van der Waals surface area (Å²) >= 11 is 0. The second-order valence-corrected chi connectivity index (χ2v) is 4.49. The predicted octanol–water partition coefficient (Wildman–Crippen LogP) is 1.99. The first-order valence-corrected chi connectivity index (χ1v) is 5.78. The molecule has 1 N–H and O–H groups in total. The van der Waals surface area contributed by atoms with E-state index in [2.05, 4.69) is 35.8 Å². The van der Waals surface area contributed by atoms with Gasteiger partial charge in [0.25, 0.3) is 0 Å². The van der Waals surface area contributed by atoms with Gasteiger partial charge >= 0.3 is 0 Å². The Labute approximate surface area is 92.9 Å². The summed E-state index contributed by atoms with van der Waals surface area (Å²) in [5.41, 5.74) is 0. The summed E-state index contributed by atoms with van der Waals surface area (Å²) in [5, 5.41) is 3.37. The predicted molar refractivity (Wildman–Crippen MR) is 63.8 cm³/mol. The van der Waals surface area contributed by atoms with Crippen molar-refractivity contribution in [3.8, 4) is 0 Å². The van der Waals surface area contributed by atoms with Crippen molar-refractivity contribution in [2.45, 2.75) is 39.2 Å². The van der Waals surface area contributed by atoms with E-state index >= 15 is 0 Å². The third-order valence-electron chi connectivity index (χ3n) is 3.01. The molecule has 1 unspecified atom stereocenters. The molecule has 0 saturated heterocycles. The lowest BCUT2D eigenvalue weighted by molar-refractivity contribution is 0.392. The number of aryl methyl sites for hydroxylation is 2. The van der Waals surface area contributed by atoms with Crippen LogP contribution in [0, 0.1) is 5.92 Å². The molecule has 0 aliphatic heterocycles. The Bertz CT molecular complexity index is 278. The Kier molecular flexibility index (Phi) is 4.82. The quantitative estimate of drug-likeness (QED) is 0.776. The van der Waals surface area contributed by atoms with Crippen LogP contribution in [-0.4, -0.2) is 22.6 Å². The smallest absolute Gasteiger partial charge is 0.108 e. The minimum absolute atomic E-state index is 0.630. The number of hydrogen-bond acceptors (Lipinski definition) is 2. The number of rotatable bonds is 6. The molecular formula is C12H23N3. The number of nitrogens with zero attached hydrogens (tertiary/aromatic N) is 2. The topological polar surface area (TPSA) is 29.9 Å². The van der Waals surface area contributed by atoms with Crippen LogP contribution in [-0.2, 0) is 13.5 Å². The first-order valence-electron chi connectivity index (χ1n) is 5.78. The molecule has 1 rings (SSSR count). The average Bonchev–Trinajstić information content (AvgIpc) is 2.58. The summed E-state index contributed by atoms with van der Waals surface area (Å²) in [4.78, 5) is 4.33. The van der Waals surface area contributed by atoms with Gasteiger partial charge in [0.05, 0.1) is 0 Å². The number of imidazole rings is 1. The molecule has 1 aromatic heterocycles. The molecule has 1 heterocycles. The van der Waals surface area contributed by atoms with Crippen LogP contribution in [0.2, 0.25) is 0 Å². The fourth-order valence-electron chi connectivity index (χ4n) is 1.93. The Hall–Kier alpha value is -0.830. The van der Waals surface area contributed by atoms with E-state index in [1.165, 1.54) is 18.7 Å². The first kappa shape index (κ1) is 12.2. The lowest BCUT2D eigenvalue weighted by atomic mass is 9.98. The van der Waals surface area contributed by atoms with E-state index in [0.29, 0.717) is 12.0 Å². The zero-order chi connectivity index (χ0) is 11.3. The molecule has 3 nitrogen and oxygen atoms in total. The molecule has 0 aliphatic carbocycles. The van der Waals surface area contributed by atoms with Gasteiger partial charge in [-0.15, -0.1) is 0 Å². The van der Waals surface area contributed by atoms with Crippen LogP contribution >= 0.6 is 0 Å². The summed E-state index contributed by atoms with van der Waals surface area (Å²) in [5.74, 6) is 1.89. The highest BCUT2D eigenvalue weighted by Gasteiger charge is 2.10. The average molecular weight is 209 g/mol. The molecule has 0 spiro atoms. The summed E-state index contributed by atoms with van der Waals surface area (Å²) in [6.45, 7) is 4.53. The molecule has 0 saturated carbocycles. The summed E-state index contributed by atoms with van der Waals surface area (Å²) in [6.07, 6.45) is 7.38. The van der Waals surface area contributed by atoms with Gasteiger partial charge in [0.1, 0.15) is 5.82 Å². The third kappa shape index (κ3) is 3.67. The summed E-state index contributed by atoms with van der Waals surface area (Å²) in [6, 6.07) is 0.630. The molecule has 0 radical (unpaired) electrons. The second-order valence-electron chi connectivity index (χ2n) is 4.49. The van der Waals surface area contributed by atoms with E-state index in [-0.39, 0.29) is 0 Å². The van der Waals surface area contributed by atoms with Crippen LogP contribution < -0.4 is 5.32 Å². The molecule has 0 fully saturated rings. The zero-order valence-electron chi connectivity index (χ0n) is 10.3. The second kappa shape index (κ2) is 5.91. The molecule has 15 heavy (non-hydrogen) atoms. The van der Waals surface area contributed by atoms with Gasteiger partial charge in [-0.1, -0.05) is 13.8 Å². The van der Waals surface area contributed by atoms with Gasteiger partial charge < -0.3 is 9.88 Å². The lowest BCUT2D eigenvalue weighted by Crippen LogP contribution is -2.30. The van der Waals surface area contributed by atoms with Gasteiger partial charge in [0, 0.05) is 31.9 Å². The van der Waals surface area contributed by atoms with Crippen molar-refractivity contribution in [2.75, 3.05) is 7.05 Å². The molecule has 1 aromatic rings. The third-order valence-corrected chi connectivity index (χ3v) is 3.01. The van der Waals surface area contributed by atoms with Crippen LogP contribution in [0.4, 0.5) is 0 Å². The van der Waals surface area contributed by atoms with Crippen molar-refractivity contribution in [1.29, 1.82) is 0 Å². The Morgan fingerprint density at radius 3 is 2.67 bits per heavy atom. The lowest BCUT2D eigenvalue weighted by Gasteiger charge is -2.19. The Morgan fingerprint density at radius 2 is 2.20 bits per heavy atom. The minimum Gasteiger partial charge on any atom is -0.338 e. The van der Waals surface area contributed by atoms with Gasteiger partial charge in [0.2, 0.25) is 0 Å². The summed E-state index contributed by atoms with van der Waals surface area (Å²) < 4.78 is 2.10. The van der Waals surface area contributed by atoms with Crippen LogP contribution in [0.1, 0.15) is 32.5 Å². The first-order chi connectivity index (χ1) is 7.15. The number of nitrogens with one attached hydrogen (secondary N) is 1. The van der Waals surface area contributed by atoms with Crippen LogP contribution in [0.15, 0.2) is 12.4 Å². The molecule has 0 bridgehead atoms. The van der Waals surface area contributed by atoms with E-state index in [1.807, 2.05) is 19.4 Å². The van der Waals surface area contributed by atoms with Crippen LogP contribution in [0.25, 0.3) is 0 Å². The van der Waals surface area contributed by atoms with Gasteiger partial charge in [-0.2, -0.15) is 0 Å². The van der Waals surface area contributed by atoms with Gasteiger partial charge in [-0.25, -0.2) is 4.98 Å². The fraction of sp³-hybridized carbons (Fsp3) is 0.750. The molecule has 0 amide bonds. The van der Waals surface area contributed by atoms with Crippen molar-refractivity contribution >= 4 is 0 Å². The standard InChI is InChI=1S/C12H23N3/c1-10(2)11(13-3)6-5-7-12-14-8-9-15(12)4/h8-11,13H,5-7H2,1-4H3. The molecule has 0 aliphatic rings. The number of aromatic nitrogens is 2. The number of hydrogen-bond donors (Lipinski definition) is 1. The normalized spacial score (nSPS) is 13.4. The summed E-state index contributed by atoms with van der Waals surface area (Å²) in [7, 11) is 4.10. The van der Waals surface area contributed by atoms with Crippen molar-refractivity contribution in [2.24, 2.45) is 13.0 Å². The Morgan fingerprint density at radius 1 is 1.47 bits per heavy atom. The fourth-order valence-corrected chi connectivity index (χ4v) is 1.93. The van der Waals surface area contributed by atoms with E-state index in [1.54, 1.807) is 0 Å². The molecule has 3 heteroatoms. The van der Waals surface area contributed by atoms with Crippen molar-refractivity contribution in [3.63, 3.8) is 0 Å². The van der Waals surface area contributed by atoms with E-state index in [4.69, 9.17) is 0 Å². The monoisotopic (exact) mass is 209 g/mol. The Balaban J connectivity index is 2.29. The molecule has 0 aromatic carbocycles. The van der Waals surface area contributed by atoms with Crippen molar-refractivity contribution in [1.82, 2.24) is 14.9 Å². The minimum atomic E-state index is 0.630.